The molecule has 1 N–H and O–H groups in total. The van der Waals surface area contributed by atoms with Crippen molar-refractivity contribution >= 4 is 34.8 Å². The van der Waals surface area contributed by atoms with Crippen molar-refractivity contribution in [3.63, 3.8) is 0 Å². The Morgan fingerprint density at radius 2 is 1.97 bits per heavy atom. The molecule has 164 valence electrons. The van der Waals surface area contributed by atoms with E-state index in [0.29, 0.717) is 5.69 Å². The second-order valence-corrected chi connectivity index (χ2v) is 7.97. The van der Waals surface area contributed by atoms with E-state index in [-0.39, 0.29) is 35.6 Å². The summed E-state index contributed by atoms with van der Waals surface area (Å²) in [5.41, 5.74) is 1.96. The highest BCUT2D eigenvalue weighted by Gasteiger charge is 2.32. The molecule has 3 aromatic rings. The first-order valence-electron chi connectivity index (χ1n) is 10.1. The fourth-order valence-electron chi connectivity index (χ4n) is 3.73. The van der Waals surface area contributed by atoms with Crippen LogP contribution < -0.4 is 15.8 Å². The van der Waals surface area contributed by atoms with Gasteiger partial charge in [-0.1, -0.05) is 29.8 Å². The fourth-order valence-corrected chi connectivity index (χ4v) is 3.91. The number of carbonyl (C=O) groups excluding carboxylic acids is 2. The lowest BCUT2D eigenvalue weighted by atomic mass is 10.1. The van der Waals surface area contributed by atoms with Crippen molar-refractivity contribution in [1.82, 2.24) is 9.78 Å². The van der Waals surface area contributed by atoms with E-state index in [9.17, 15) is 18.8 Å². The van der Waals surface area contributed by atoms with Gasteiger partial charge in [0.2, 0.25) is 5.91 Å². The van der Waals surface area contributed by atoms with Crippen LogP contribution in [0, 0.1) is 5.82 Å². The van der Waals surface area contributed by atoms with Crippen molar-refractivity contribution in [3.05, 3.63) is 87.0 Å². The number of anilines is 2. The molecule has 2 aromatic carbocycles. The lowest BCUT2D eigenvalue weighted by molar-refractivity contribution is -0.116. The number of carbonyl (C=O) groups is 2. The molecule has 32 heavy (non-hydrogen) atoms. The minimum Gasteiger partial charge on any atom is -0.326 e. The molecule has 1 aliphatic rings. The molecule has 1 aliphatic heterocycles. The zero-order valence-electron chi connectivity index (χ0n) is 17.2. The maximum absolute atomic E-state index is 13.2. The Balaban J connectivity index is 1.47. The van der Waals surface area contributed by atoms with E-state index in [2.05, 4.69) is 10.4 Å². The van der Waals surface area contributed by atoms with E-state index in [0.717, 1.165) is 28.4 Å². The van der Waals surface area contributed by atoms with Gasteiger partial charge in [-0.2, -0.15) is 5.10 Å². The molecule has 2 heterocycles. The van der Waals surface area contributed by atoms with E-state index >= 15 is 0 Å². The van der Waals surface area contributed by atoms with E-state index < -0.39 is 17.3 Å². The Morgan fingerprint density at radius 1 is 1.19 bits per heavy atom. The van der Waals surface area contributed by atoms with Crippen LogP contribution in [-0.4, -0.2) is 27.6 Å². The highest BCUT2D eigenvalue weighted by atomic mass is 35.5. The number of hydrogen-bond acceptors (Lipinski definition) is 4. The number of aryl methyl sites for hydroxylation is 1. The molecule has 0 aliphatic carbocycles. The van der Waals surface area contributed by atoms with Crippen LogP contribution in [0.25, 0.3) is 0 Å². The number of benzene rings is 2. The maximum atomic E-state index is 13.2. The van der Waals surface area contributed by atoms with Crippen molar-refractivity contribution in [3.8, 4) is 0 Å². The summed E-state index contributed by atoms with van der Waals surface area (Å²) in [5.74, 6) is -1.29. The van der Waals surface area contributed by atoms with Crippen LogP contribution in [0.1, 0.15) is 29.4 Å². The van der Waals surface area contributed by atoms with Crippen LogP contribution in [0.3, 0.4) is 0 Å². The molecule has 9 heteroatoms. The fraction of sp³-hybridized carbons (Fsp3) is 0.217. The first-order valence-corrected chi connectivity index (χ1v) is 10.5. The zero-order chi connectivity index (χ0) is 22.8. The van der Waals surface area contributed by atoms with Gasteiger partial charge in [0.05, 0.1) is 11.6 Å². The van der Waals surface area contributed by atoms with Gasteiger partial charge in [0, 0.05) is 29.9 Å². The Labute approximate surface area is 188 Å². The summed E-state index contributed by atoms with van der Waals surface area (Å²) in [4.78, 5) is 39.3. The lowest BCUT2D eigenvalue weighted by Crippen LogP contribution is -2.37. The maximum Gasteiger partial charge on any atom is 0.278 e. The summed E-state index contributed by atoms with van der Waals surface area (Å²) in [6.45, 7) is 1.94. The predicted octanol–water partition coefficient (Wildman–Crippen LogP) is 3.66. The Hall–Kier alpha value is -3.52. The second kappa shape index (κ2) is 8.92. The average Bonchev–Trinajstić information content (AvgIpc) is 3.11. The molecule has 4 rings (SSSR count). The standard InChI is InChI=1S/C23H20ClFN4O3/c1-14-12-15-4-2-3-5-20(15)29(14)23(32)19-8-9-22(31)28(27-19)11-10-21(30)26-16-6-7-18(25)17(24)13-16/h2-9,13-14H,10-12H2,1H3,(H,26,30). The third-order valence-corrected chi connectivity index (χ3v) is 5.56. The van der Waals surface area contributed by atoms with Gasteiger partial charge in [0.25, 0.3) is 11.5 Å². The van der Waals surface area contributed by atoms with Gasteiger partial charge in [-0.15, -0.1) is 0 Å². The van der Waals surface area contributed by atoms with Crippen molar-refractivity contribution in [2.75, 3.05) is 10.2 Å². The van der Waals surface area contributed by atoms with E-state index in [1.54, 1.807) is 4.90 Å². The van der Waals surface area contributed by atoms with Crippen LogP contribution in [0.5, 0.6) is 0 Å². The van der Waals surface area contributed by atoms with Crippen molar-refractivity contribution < 1.29 is 14.0 Å². The molecule has 1 unspecified atom stereocenters. The third-order valence-electron chi connectivity index (χ3n) is 5.27. The number of para-hydroxylation sites is 1. The Morgan fingerprint density at radius 3 is 2.75 bits per heavy atom. The normalized spacial score (nSPS) is 14.8. The van der Waals surface area contributed by atoms with Crippen molar-refractivity contribution in [1.29, 1.82) is 0 Å². The molecule has 0 saturated heterocycles. The van der Waals surface area contributed by atoms with Crippen LogP contribution >= 0.6 is 11.6 Å². The number of nitrogens with zero attached hydrogens (tertiary/aromatic N) is 3. The van der Waals surface area contributed by atoms with E-state index in [4.69, 9.17) is 11.6 Å². The number of amides is 2. The molecule has 0 radical (unpaired) electrons. The summed E-state index contributed by atoms with van der Waals surface area (Å²) in [6, 6.07) is 14.2. The van der Waals surface area contributed by atoms with E-state index in [1.165, 1.54) is 24.3 Å². The first-order chi connectivity index (χ1) is 15.3. The van der Waals surface area contributed by atoms with Crippen LogP contribution in [-0.2, 0) is 17.8 Å². The van der Waals surface area contributed by atoms with E-state index in [1.807, 2.05) is 31.2 Å². The molecule has 7 nitrogen and oxygen atoms in total. The Kier molecular flexibility index (Phi) is 6.05. The number of nitrogens with one attached hydrogen (secondary N) is 1. The molecule has 0 spiro atoms. The molecule has 1 aromatic heterocycles. The molecule has 1 atom stereocenters. The number of aromatic nitrogens is 2. The highest BCUT2D eigenvalue weighted by molar-refractivity contribution is 6.31. The third kappa shape index (κ3) is 4.40. The topological polar surface area (TPSA) is 84.3 Å². The van der Waals surface area contributed by atoms with Gasteiger partial charge in [-0.3, -0.25) is 14.4 Å². The molecular formula is C23H20ClFN4O3. The monoisotopic (exact) mass is 454 g/mol. The number of halogens is 2. The zero-order valence-corrected chi connectivity index (χ0v) is 18.0. The minimum absolute atomic E-state index is 0.0210. The quantitative estimate of drug-likeness (QED) is 0.637. The second-order valence-electron chi connectivity index (χ2n) is 7.56. The summed E-state index contributed by atoms with van der Waals surface area (Å²) in [7, 11) is 0. The van der Waals surface area contributed by atoms with Crippen LogP contribution in [0.4, 0.5) is 15.8 Å². The first kappa shape index (κ1) is 21.7. The molecule has 2 amide bonds. The lowest BCUT2D eigenvalue weighted by Gasteiger charge is -2.22. The van der Waals surface area contributed by atoms with Gasteiger partial charge < -0.3 is 10.2 Å². The number of rotatable bonds is 5. The molecule has 0 bridgehead atoms. The van der Waals surface area contributed by atoms with Gasteiger partial charge in [0.15, 0.2) is 0 Å². The molecular weight excluding hydrogens is 435 g/mol. The Bertz CT molecular complexity index is 1260. The highest BCUT2D eigenvalue weighted by Crippen LogP contribution is 2.32. The predicted molar refractivity (Wildman–Crippen MR) is 120 cm³/mol. The average molecular weight is 455 g/mol. The smallest absolute Gasteiger partial charge is 0.278 e. The van der Waals surface area contributed by atoms with Crippen molar-refractivity contribution in [2.24, 2.45) is 0 Å². The summed E-state index contributed by atoms with van der Waals surface area (Å²) >= 11 is 5.72. The van der Waals surface area contributed by atoms with Gasteiger partial charge in [-0.05, 0) is 49.2 Å². The SMILES string of the molecule is CC1Cc2ccccc2N1C(=O)c1ccc(=O)n(CCC(=O)Nc2ccc(F)c(Cl)c2)n1. The van der Waals surface area contributed by atoms with Gasteiger partial charge >= 0.3 is 0 Å². The number of fused-ring (bicyclic) bond motifs is 1. The minimum atomic E-state index is -0.586. The summed E-state index contributed by atoms with van der Waals surface area (Å²) in [6.07, 6.45) is 0.678. The van der Waals surface area contributed by atoms with Gasteiger partial charge in [0.1, 0.15) is 11.5 Å². The van der Waals surface area contributed by atoms with Crippen molar-refractivity contribution in [2.45, 2.75) is 32.4 Å². The number of hydrogen-bond donors (Lipinski definition) is 1. The van der Waals surface area contributed by atoms with Gasteiger partial charge in [-0.25, -0.2) is 9.07 Å². The summed E-state index contributed by atoms with van der Waals surface area (Å²) in [5, 5.41) is 6.67. The van der Waals surface area contributed by atoms with Crippen LogP contribution in [0.15, 0.2) is 59.4 Å². The molecule has 0 saturated carbocycles. The largest absolute Gasteiger partial charge is 0.326 e. The summed E-state index contributed by atoms with van der Waals surface area (Å²) < 4.78 is 14.3. The molecule has 0 fully saturated rings. The van der Waals surface area contributed by atoms with Crippen LogP contribution in [0.2, 0.25) is 5.02 Å².